The van der Waals surface area contributed by atoms with Gasteiger partial charge >= 0.3 is 0 Å². The van der Waals surface area contributed by atoms with E-state index in [1.54, 1.807) is 6.07 Å². The van der Waals surface area contributed by atoms with E-state index in [0.29, 0.717) is 18.7 Å². The fraction of sp³-hybridized carbons (Fsp3) is 0.231. The maximum atomic E-state index is 12.9. The van der Waals surface area contributed by atoms with Gasteiger partial charge in [-0.1, -0.05) is 6.07 Å². The molecule has 5 nitrogen and oxygen atoms in total. The maximum absolute atomic E-state index is 12.9. The zero-order valence-electron chi connectivity index (χ0n) is 10.5. The van der Waals surface area contributed by atoms with Gasteiger partial charge in [0.25, 0.3) is 5.91 Å². The van der Waals surface area contributed by atoms with Crippen LogP contribution in [0.2, 0.25) is 0 Å². The maximum Gasteiger partial charge on any atom is 0.271 e. The highest BCUT2D eigenvalue weighted by Gasteiger charge is 2.10. The van der Waals surface area contributed by atoms with Crippen LogP contribution in [0.5, 0.6) is 0 Å². The lowest BCUT2D eigenvalue weighted by atomic mass is 10.1. The first-order chi connectivity index (χ1) is 9.08. The van der Waals surface area contributed by atoms with E-state index in [4.69, 9.17) is 5.73 Å². The minimum Gasteiger partial charge on any atom is -0.396 e. The van der Waals surface area contributed by atoms with E-state index in [-0.39, 0.29) is 17.4 Å². The molecule has 2 rings (SSSR count). The molecule has 0 atom stereocenters. The molecule has 1 amide bonds. The van der Waals surface area contributed by atoms with Crippen LogP contribution in [0.4, 0.5) is 10.1 Å². The average molecular weight is 262 g/mol. The highest BCUT2D eigenvalue weighted by atomic mass is 19.1. The van der Waals surface area contributed by atoms with Crippen LogP contribution >= 0.6 is 0 Å². The first kappa shape index (κ1) is 13.1. The van der Waals surface area contributed by atoms with Crippen molar-refractivity contribution < 1.29 is 9.18 Å². The van der Waals surface area contributed by atoms with E-state index in [9.17, 15) is 9.18 Å². The Balaban J connectivity index is 1.90. The molecule has 0 radical (unpaired) electrons. The van der Waals surface area contributed by atoms with E-state index >= 15 is 0 Å². The third-order valence-electron chi connectivity index (χ3n) is 2.88. The van der Waals surface area contributed by atoms with Crippen LogP contribution in [0.25, 0.3) is 0 Å². The summed E-state index contributed by atoms with van der Waals surface area (Å²) in [6, 6.07) is 4.61. The van der Waals surface area contributed by atoms with Crippen LogP contribution in [0.1, 0.15) is 21.6 Å². The minimum absolute atomic E-state index is 0.254. The first-order valence-corrected chi connectivity index (χ1v) is 5.90. The largest absolute Gasteiger partial charge is 0.396 e. The topological polar surface area (TPSA) is 83.8 Å². The smallest absolute Gasteiger partial charge is 0.271 e. The molecule has 0 saturated carbocycles. The van der Waals surface area contributed by atoms with Crippen LogP contribution in [0.3, 0.4) is 0 Å². The number of aromatic amines is 1. The van der Waals surface area contributed by atoms with Gasteiger partial charge in [-0.25, -0.2) is 4.39 Å². The number of aryl methyl sites for hydroxylation is 1. The SMILES string of the molecule is Cc1cc(F)ccc1CCNC(=O)c1[nH]ncc1N. The van der Waals surface area contributed by atoms with Crippen molar-refractivity contribution in [1.82, 2.24) is 15.5 Å². The van der Waals surface area contributed by atoms with E-state index in [1.807, 2.05) is 6.92 Å². The molecule has 6 heteroatoms. The second-order valence-electron chi connectivity index (χ2n) is 4.28. The number of anilines is 1. The van der Waals surface area contributed by atoms with E-state index in [1.165, 1.54) is 18.3 Å². The molecule has 1 aromatic carbocycles. The summed E-state index contributed by atoms with van der Waals surface area (Å²) < 4.78 is 12.9. The zero-order chi connectivity index (χ0) is 13.8. The van der Waals surface area contributed by atoms with Crippen molar-refractivity contribution in [3.8, 4) is 0 Å². The Morgan fingerprint density at radius 1 is 1.53 bits per heavy atom. The summed E-state index contributed by atoms with van der Waals surface area (Å²) in [5.74, 6) is -0.551. The number of aromatic nitrogens is 2. The fourth-order valence-electron chi connectivity index (χ4n) is 1.82. The number of nitrogens with zero attached hydrogens (tertiary/aromatic N) is 1. The molecule has 0 unspecified atom stereocenters. The molecule has 19 heavy (non-hydrogen) atoms. The number of halogens is 1. The van der Waals surface area contributed by atoms with Crippen molar-refractivity contribution >= 4 is 11.6 Å². The van der Waals surface area contributed by atoms with Crippen LogP contribution in [0, 0.1) is 12.7 Å². The molecular formula is C13H15FN4O. The number of hydrogen-bond acceptors (Lipinski definition) is 3. The van der Waals surface area contributed by atoms with Crippen molar-refractivity contribution in [2.75, 3.05) is 12.3 Å². The van der Waals surface area contributed by atoms with Gasteiger partial charge in [0.2, 0.25) is 0 Å². The predicted molar refractivity (Wildman–Crippen MR) is 70.2 cm³/mol. The monoisotopic (exact) mass is 262 g/mol. The summed E-state index contributed by atoms with van der Waals surface area (Å²) in [5.41, 5.74) is 8.01. The number of benzene rings is 1. The molecule has 1 aromatic heterocycles. The average Bonchev–Trinajstić information content (AvgIpc) is 2.78. The minimum atomic E-state index is -0.297. The third kappa shape index (κ3) is 3.09. The van der Waals surface area contributed by atoms with Crippen LogP contribution < -0.4 is 11.1 Å². The Morgan fingerprint density at radius 3 is 2.95 bits per heavy atom. The Hall–Kier alpha value is -2.37. The molecular weight excluding hydrogens is 247 g/mol. The van der Waals surface area contributed by atoms with Gasteiger partial charge in [0.15, 0.2) is 0 Å². The standard InChI is InChI=1S/C13H15FN4O/c1-8-6-10(14)3-2-9(8)4-5-16-13(19)12-11(15)7-17-18-12/h2-3,6-7H,4-5,15H2,1H3,(H,16,19)(H,17,18). The van der Waals surface area contributed by atoms with Crippen molar-refractivity contribution in [1.29, 1.82) is 0 Å². The highest BCUT2D eigenvalue weighted by molar-refractivity contribution is 5.96. The molecule has 0 saturated heterocycles. The van der Waals surface area contributed by atoms with Gasteiger partial charge in [0.05, 0.1) is 11.9 Å². The fourth-order valence-corrected chi connectivity index (χ4v) is 1.82. The van der Waals surface area contributed by atoms with Crippen molar-refractivity contribution in [3.05, 3.63) is 47.0 Å². The van der Waals surface area contributed by atoms with Gasteiger partial charge in [0, 0.05) is 6.54 Å². The predicted octanol–water partition coefficient (Wildman–Crippen LogP) is 1.41. The second kappa shape index (κ2) is 5.51. The van der Waals surface area contributed by atoms with Crippen LogP contribution in [0.15, 0.2) is 24.4 Å². The lowest BCUT2D eigenvalue weighted by Crippen LogP contribution is -2.26. The Morgan fingerprint density at radius 2 is 2.32 bits per heavy atom. The Kier molecular flexibility index (Phi) is 3.79. The van der Waals surface area contributed by atoms with Gasteiger partial charge in [0.1, 0.15) is 11.5 Å². The number of nitrogen functional groups attached to an aromatic ring is 1. The number of carbonyl (C=O) groups excluding carboxylic acids is 1. The van der Waals surface area contributed by atoms with Crippen molar-refractivity contribution in [3.63, 3.8) is 0 Å². The molecule has 100 valence electrons. The number of amides is 1. The third-order valence-corrected chi connectivity index (χ3v) is 2.88. The number of nitrogens with two attached hydrogens (primary N) is 1. The van der Waals surface area contributed by atoms with Gasteiger partial charge < -0.3 is 11.1 Å². The summed E-state index contributed by atoms with van der Waals surface area (Å²) in [5, 5.41) is 8.95. The molecule has 0 bridgehead atoms. The molecule has 0 fully saturated rings. The Bertz CT molecular complexity index is 594. The van der Waals surface area contributed by atoms with Crippen molar-refractivity contribution in [2.45, 2.75) is 13.3 Å². The molecule has 0 aliphatic carbocycles. The number of carbonyl (C=O) groups is 1. The molecule has 0 aliphatic heterocycles. The number of hydrogen-bond donors (Lipinski definition) is 3. The summed E-state index contributed by atoms with van der Waals surface area (Å²) in [7, 11) is 0. The lowest BCUT2D eigenvalue weighted by molar-refractivity contribution is 0.0950. The highest BCUT2D eigenvalue weighted by Crippen LogP contribution is 2.10. The van der Waals surface area contributed by atoms with Gasteiger partial charge in [-0.3, -0.25) is 9.89 Å². The molecule has 0 spiro atoms. The number of nitrogens with one attached hydrogen (secondary N) is 2. The lowest BCUT2D eigenvalue weighted by Gasteiger charge is -2.07. The van der Waals surface area contributed by atoms with E-state index in [2.05, 4.69) is 15.5 Å². The van der Waals surface area contributed by atoms with Crippen LogP contribution in [-0.4, -0.2) is 22.6 Å². The molecule has 4 N–H and O–H groups in total. The normalized spacial score (nSPS) is 10.4. The summed E-state index contributed by atoms with van der Waals surface area (Å²) in [4.78, 5) is 11.7. The van der Waals surface area contributed by atoms with Gasteiger partial charge in [-0.2, -0.15) is 5.10 Å². The molecule has 2 aromatic rings. The van der Waals surface area contributed by atoms with Crippen LogP contribution in [-0.2, 0) is 6.42 Å². The van der Waals surface area contributed by atoms with Gasteiger partial charge in [-0.15, -0.1) is 0 Å². The summed E-state index contributed by atoms with van der Waals surface area (Å²) in [6.45, 7) is 2.29. The van der Waals surface area contributed by atoms with Gasteiger partial charge in [-0.05, 0) is 36.6 Å². The van der Waals surface area contributed by atoms with E-state index < -0.39 is 0 Å². The number of H-pyrrole nitrogens is 1. The number of rotatable bonds is 4. The quantitative estimate of drug-likeness (QED) is 0.779. The zero-order valence-corrected chi connectivity index (χ0v) is 10.5. The summed E-state index contributed by atoms with van der Waals surface area (Å²) in [6.07, 6.45) is 2.02. The summed E-state index contributed by atoms with van der Waals surface area (Å²) >= 11 is 0. The van der Waals surface area contributed by atoms with E-state index in [0.717, 1.165) is 11.1 Å². The second-order valence-corrected chi connectivity index (χ2v) is 4.28. The molecule has 0 aliphatic rings. The molecule has 1 heterocycles. The van der Waals surface area contributed by atoms with Crippen molar-refractivity contribution in [2.24, 2.45) is 0 Å². The Labute approximate surface area is 110 Å². The first-order valence-electron chi connectivity index (χ1n) is 5.90.